The molecule has 2 rings (SSSR count). The van der Waals surface area contributed by atoms with E-state index in [0.29, 0.717) is 13.1 Å². The first-order valence-electron chi connectivity index (χ1n) is 7.72. The van der Waals surface area contributed by atoms with Gasteiger partial charge in [-0.15, -0.1) is 0 Å². The van der Waals surface area contributed by atoms with Crippen LogP contribution >= 0.6 is 0 Å². The maximum Gasteiger partial charge on any atom is 0.354 e. The van der Waals surface area contributed by atoms with Crippen molar-refractivity contribution in [2.45, 2.75) is 13.0 Å². The van der Waals surface area contributed by atoms with Gasteiger partial charge in [0.2, 0.25) is 0 Å². The number of ether oxygens (including phenoxy) is 2. The molecule has 0 aliphatic carbocycles. The summed E-state index contributed by atoms with van der Waals surface area (Å²) in [4.78, 5) is 24.2. The zero-order valence-electron chi connectivity index (χ0n) is 14.0. The normalized spacial score (nSPS) is 14.5. The number of hydrogen-bond donors (Lipinski definition) is 2. The maximum atomic E-state index is 11.8. The Kier molecular flexibility index (Phi) is 5.93. The standard InChI is InChI=1S/C16H20N4O5/c1-3-25-16(21)13(6-7-17)18-11-9-19(10-11)12-4-5-14(20(22)23)15(8-12)24-2/h4-8,11,17-18H,3,9-10H2,1-2H3/b13-6-,17-7?. The average Bonchev–Trinajstić information content (AvgIpc) is 2.56. The average molecular weight is 348 g/mol. The Balaban J connectivity index is 2.00. The first kappa shape index (κ1) is 18.2. The van der Waals surface area contributed by atoms with Crippen molar-refractivity contribution < 1.29 is 19.2 Å². The fraction of sp³-hybridized carbons (Fsp3) is 0.375. The monoisotopic (exact) mass is 348 g/mol. The quantitative estimate of drug-likeness (QED) is 0.240. The summed E-state index contributed by atoms with van der Waals surface area (Å²) in [6.07, 6.45) is 2.38. The molecule has 1 fully saturated rings. The number of allylic oxidation sites excluding steroid dienone is 1. The van der Waals surface area contributed by atoms with Crippen LogP contribution in [0.2, 0.25) is 0 Å². The molecule has 0 atom stereocenters. The molecule has 0 saturated carbocycles. The van der Waals surface area contributed by atoms with Gasteiger partial charge in [-0.1, -0.05) is 0 Å². The second kappa shape index (κ2) is 8.13. The summed E-state index contributed by atoms with van der Waals surface area (Å²) in [5.74, 6) is -0.295. The lowest BCUT2D eigenvalue weighted by atomic mass is 10.1. The second-order valence-electron chi connectivity index (χ2n) is 5.33. The van der Waals surface area contributed by atoms with E-state index in [0.717, 1.165) is 11.9 Å². The first-order chi connectivity index (χ1) is 12.0. The van der Waals surface area contributed by atoms with Crippen LogP contribution in [0.15, 0.2) is 30.0 Å². The summed E-state index contributed by atoms with van der Waals surface area (Å²) in [6.45, 7) is 3.19. The highest BCUT2D eigenvalue weighted by molar-refractivity contribution is 5.92. The van der Waals surface area contributed by atoms with Crippen LogP contribution in [-0.4, -0.2) is 50.0 Å². The Morgan fingerprint density at radius 2 is 2.24 bits per heavy atom. The summed E-state index contributed by atoms with van der Waals surface area (Å²) < 4.78 is 10.0. The Morgan fingerprint density at radius 1 is 1.52 bits per heavy atom. The minimum absolute atomic E-state index is 0.0109. The van der Waals surface area contributed by atoms with Crippen molar-refractivity contribution in [3.63, 3.8) is 0 Å². The molecule has 25 heavy (non-hydrogen) atoms. The SMILES string of the molecule is CCOC(=O)/C(=C/C=N)NC1CN(c2ccc([N+](=O)[O-])c(OC)c2)C1. The van der Waals surface area contributed by atoms with Crippen molar-refractivity contribution in [1.82, 2.24) is 5.32 Å². The number of anilines is 1. The minimum atomic E-state index is -0.499. The number of benzene rings is 1. The van der Waals surface area contributed by atoms with Crippen molar-refractivity contribution in [2.75, 3.05) is 31.7 Å². The van der Waals surface area contributed by atoms with Gasteiger partial charge in [-0.25, -0.2) is 4.79 Å². The molecule has 134 valence electrons. The zero-order chi connectivity index (χ0) is 18.4. The molecule has 9 heteroatoms. The Bertz CT molecular complexity index is 698. The molecule has 1 aliphatic rings. The smallest absolute Gasteiger partial charge is 0.354 e. The van der Waals surface area contributed by atoms with E-state index in [1.54, 1.807) is 19.1 Å². The second-order valence-corrected chi connectivity index (χ2v) is 5.33. The van der Waals surface area contributed by atoms with Gasteiger partial charge >= 0.3 is 11.7 Å². The van der Waals surface area contributed by atoms with Crippen molar-refractivity contribution >= 4 is 23.6 Å². The predicted molar refractivity (Wildman–Crippen MR) is 92.3 cm³/mol. The number of methoxy groups -OCH3 is 1. The van der Waals surface area contributed by atoms with Gasteiger partial charge in [0.15, 0.2) is 5.75 Å². The van der Waals surface area contributed by atoms with Crippen LogP contribution < -0.4 is 15.0 Å². The van der Waals surface area contributed by atoms with Crippen molar-refractivity contribution in [1.29, 1.82) is 5.41 Å². The van der Waals surface area contributed by atoms with Crippen LogP contribution in [0.25, 0.3) is 0 Å². The molecule has 2 N–H and O–H groups in total. The Labute approximate surface area is 144 Å². The highest BCUT2D eigenvalue weighted by atomic mass is 16.6. The molecule has 1 heterocycles. The van der Waals surface area contributed by atoms with Gasteiger partial charge in [-0.2, -0.15) is 0 Å². The summed E-state index contributed by atoms with van der Waals surface area (Å²) in [7, 11) is 1.39. The van der Waals surface area contributed by atoms with Gasteiger partial charge in [0, 0.05) is 37.1 Å². The zero-order valence-corrected chi connectivity index (χ0v) is 14.0. The number of esters is 1. The van der Waals surface area contributed by atoms with Gasteiger partial charge in [0.1, 0.15) is 5.70 Å². The van der Waals surface area contributed by atoms with Gasteiger partial charge in [-0.05, 0) is 19.1 Å². The maximum absolute atomic E-state index is 11.8. The highest BCUT2D eigenvalue weighted by Gasteiger charge is 2.30. The highest BCUT2D eigenvalue weighted by Crippen LogP contribution is 2.33. The summed E-state index contributed by atoms with van der Waals surface area (Å²) >= 11 is 0. The topological polar surface area (TPSA) is 118 Å². The van der Waals surface area contributed by atoms with Crippen LogP contribution in [0.4, 0.5) is 11.4 Å². The first-order valence-corrected chi connectivity index (χ1v) is 7.72. The molecule has 0 radical (unpaired) electrons. The molecule has 0 amide bonds. The van der Waals surface area contributed by atoms with E-state index in [1.807, 2.05) is 4.90 Å². The molecular formula is C16H20N4O5. The Hall–Kier alpha value is -3.10. The van der Waals surface area contributed by atoms with E-state index in [1.165, 1.54) is 19.3 Å². The Morgan fingerprint density at radius 3 is 2.80 bits per heavy atom. The minimum Gasteiger partial charge on any atom is -0.490 e. The number of nitro groups is 1. The van der Waals surface area contributed by atoms with Crippen LogP contribution in [0.1, 0.15) is 6.92 Å². The van der Waals surface area contributed by atoms with Gasteiger partial charge in [-0.3, -0.25) is 10.1 Å². The van der Waals surface area contributed by atoms with E-state index < -0.39 is 10.9 Å². The number of nitro benzene ring substituents is 1. The number of hydrogen-bond acceptors (Lipinski definition) is 8. The van der Waals surface area contributed by atoms with E-state index >= 15 is 0 Å². The molecule has 1 aliphatic heterocycles. The lowest BCUT2D eigenvalue weighted by Gasteiger charge is -2.42. The lowest BCUT2D eigenvalue weighted by Crippen LogP contribution is -2.58. The summed E-state index contributed by atoms with van der Waals surface area (Å²) in [6, 6.07) is 4.70. The van der Waals surface area contributed by atoms with Gasteiger partial charge in [0.25, 0.3) is 0 Å². The molecule has 1 saturated heterocycles. The fourth-order valence-electron chi connectivity index (χ4n) is 2.48. The summed E-state index contributed by atoms with van der Waals surface area (Å²) in [5.41, 5.74) is 0.956. The van der Waals surface area contributed by atoms with Crippen molar-refractivity contribution in [3.8, 4) is 5.75 Å². The molecule has 0 spiro atoms. The molecule has 1 aromatic carbocycles. The number of nitrogens with one attached hydrogen (secondary N) is 2. The molecule has 9 nitrogen and oxygen atoms in total. The molecule has 1 aromatic rings. The number of carbonyl (C=O) groups is 1. The van der Waals surface area contributed by atoms with Crippen LogP contribution in [0.5, 0.6) is 5.75 Å². The third kappa shape index (κ3) is 4.25. The number of carbonyl (C=O) groups excluding carboxylic acids is 1. The van der Waals surface area contributed by atoms with Crippen molar-refractivity contribution in [2.24, 2.45) is 0 Å². The number of nitrogens with zero attached hydrogens (tertiary/aromatic N) is 2. The molecule has 0 unspecified atom stereocenters. The third-order valence-corrected chi connectivity index (χ3v) is 3.71. The van der Waals surface area contributed by atoms with E-state index in [4.69, 9.17) is 14.9 Å². The summed E-state index contributed by atoms with van der Waals surface area (Å²) in [5, 5.41) is 21.1. The van der Waals surface area contributed by atoms with E-state index in [2.05, 4.69) is 5.32 Å². The lowest BCUT2D eigenvalue weighted by molar-refractivity contribution is -0.385. The fourth-order valence-corrected chi connectivity index (χ4v) is 2.48. The van der Waals surface area contributed by atoms with Gasteiger partial charge < -0.3 is 25.1 Å². The van der Waals surface area contributed by atoms with Crippen molar-refractivity contribution in [3.05, 3.63) is 40.1 Å². The van der Waals surface area contributed by atoms with E-state index in [-0.39, 0.29) is 29.8 Å². The molecule has 0 aromatic heterocycles. The molecular weight excluding hydrogens is 328 g/mol. The largest absolute Gasteiger partial charge is 0.490 e. The van der Waals surface area contributed by atoms with Crippen LogP contribution in [0.3, 0.4) is 0 Å². The van der Waals surface area contributed by atoms with Crippen LogP contribution in [-0.2, 0) is 9.53 Å². The van der Waals surface area contributed by atoms with Crippen LogP contribution in [0, 0.1) is 15.5 Å². The number of rotatable bonds is 8. The third-order valence-electron chi connectivity index (χ3n) is 3.71. The van der Waals surface area contributed by atoms with Gasteiger partial charge in [0.05, 0.1) is 24.7 Å². The van der Waals surface area contributed by atoms with E-state index in [9.17, 15) is 14.9 Å². The predicted octanol–water partition coefficient (Wildman–Crippen LogP) is 1.48. The molecule has 0 bridgehead atoms.